The fraction of sp³-hybridized carbons (Fsp3) is 1.00. The van der Waals surface area contributed by atoms with Crippen molar-refractivity contribution in [1.82, 2.24) is 0 Å². The minimum absolute atomic E-state index is 0.131. The lowest BCUT2D eigenvalue weighted by Crippen LogP contribution is -2.45. The molecule has 0 aliphatic rings. The Balaban J connectivity index is 4.07. The second-order valence-corrected chi connectivity index (χ2v) is 4.05. The van der Waals surface area contributed by atoms with E-state index in [4.69, 9.17) is 9.47 Å². The van der Waals surface area contributed by atoms with Gasteiger partial charge in [0, 0.05) is 7.11 Å². The van der Waals surface area contributed by atoms with Crippen molar-refractivity contribution in [1.29, 1.82) is 0 Å². The van der Waals surface area contributed by atoms with E-state index in [0.29, 0.717) is 13.2 Å². The lowest BCUT2D eigenvalue weighted by atomic mass is 9.92. The molecular weight excluding hydrogens is 168 g/mol. The Bertz CT molecular complexity index is 134. The number of ether oxygens (including phenoxy) is 2. The minimum Gasteiger partial charge on any atom is -0.385 e. The Morgan fingerprint density at radius 1 is 1.15 bits per heavy atom. The molecule has 0 heterocycles. The monoisotopic (exact) mass is 190 g/mol. The Labute approximate surface area is 81.0 Å². The van der Waals surface area contributed by atoms with Crippen LogP contribution in [0.1, 0.15) is 27.7 Å². The van der Waals surface area contributed by atoms with Gasteiger partial charge in [-0.1, -0.05) is 13.8 Å². The molecule has 0 bridgehead atoms. The summed E-state index contributed by atoms with van der Waals surface area (Å²) in [4.78, 5) is 0. The minimum atomic E-state index is -0.862. The molecule has 1 atom stereocenters. The molecule has 3 heteroatoms. The van der Waals surface area contributed by atoms with Crippen LogP contribution in [0.5, 0.6) is 0 Å². The fourth-order valence-electron chi connectivity index (χ4n) is 0.936. The van der Waals surface area contributed by atoms with Gasteiger partial charge < -0.3 is 14.6 Å². The molecule has 0 saturated heterocycles. The van der Waals surface area contributed by atoms with Gasteiger partial charge in [0.25, 0.3) is 0 Å². The molecular formula is C10H22O3. The number of hydrogen-bond donors (Lipinski definition) is 1. The standard InChI is InChI=1S/C10H22O3/c1-8(2)10(11,6-12-5)7-13-9(3)4/h8-9,11H,6-7H2,1-5H3. The van der Waals surface area contributed by atoms with Crippen molar-refractivity contribution < 1.29 is 14.6 Å². The maximum atomic E-state index is 10.1. The quantitative estimate of drug-likeness (QED) is 0.689. The van der Waals surface area contributed by atoms with Crippen molar-refractivity contribution >= 4 is 0 Å². The number of methoxy groups -OCH3 is 1. The third-order valence-corrected chi connectivity index (χ3v) is 2.14. The molecule has 0 aromatic heterocycles. The highest BCUT2D eigenvalue weighted by atomic mass is 16.5. The molecule has 0 amide bonds. The first-order valence-corrected chi connectivity index (χ1v) is 4.75. The molecule has 0 spiro atoms. The molecule has 0 aromatic carbocycles. The molecule has 0 aliphatic heterocycles. The Morgan fingerprint density at radius 3 is 2.00 bits per heavy atom. The van der Waals surface area contributed by atoms with E-state index in [9.17, 15) is 5.11 Å². The van der Waals surface area contributed by atoms with Crippen LogP contribution in [0.2, 0.25) is 0 Å². The highest BCUT2D eigenvalue weighted by Crippen LogP contribution is 2.18. The number of rotatable bonds is 6. The lowest BCUT2D eigenvalue weighted by molar-refractivity contribution is -0.123. The third kappa shape index (κ3) is 4.60. The molecule has 0 fully saturated rings. The summed E-state index contributed by atoms with van der Waals surface area (Å²) >= 11 is 0. The van der Waals surface area contributed by atoms with Crippen LogP contribution in [-0.2, 0) is 9.47 Å². The van der Waals surface area contributed by atoms with Crippen LogP contribution in [0.15, 0.2) is 0 Å². The predicted octanol–water partition coefficient (Wildman–Crippen LogP) is 1.44. The first-order chi connectivity index (χ1) is 5.92. The summed E-state index contributed by atoms with van der Waals surface area (Å²) in [5, 5.41) is 10.1. The molecule has 1 unspecified atom stereocenters. The van der Waals surface area contributed by atoms with E-state index in [-0.39, 0.29) is 12.0 Å². The van der Waals surface area contributed by atoms with Crippen LogP contribution in [-0.4, -0.2) is 37.1 Å². The predicted molar refractivity (Wildman–Crippen MR) is 52.8 cm³/mol. The van der Waals surface area contributed by atoms with Gasteiger partial charge in [0.2, 0.25) is 0 Å². The van der Waals surface area contributed by atoms with Gasteiger partial charge in [-0.25, -0.2) is 0 Å². The maximum Gasteiger partial charge on any atom is 0.113 e. The molecule has 0 aliphatic carbocycles. The van der Waals surface area contributed by atoms with E-state index in [1.165, 1.54) is 0 Å². The third-order valence-electron chi connectivity index (χ3n) is 2.14. The molecule has 0 radical (unpaired) electrons. The zero-order valence-electron chi connectivity index (χ0n) is 9.33. The lowest BCUT2D eigenvalue weighted by Gasteiger charge is -2.31. The summed E-state index contributed by atoms with van der Waals surface area (Å²) in [6.07, 6.45) is 0.141. The van der Waals surface area contributed by atoms with Crippen LogP contribution in [0.3, 0.4) is 0 Å². The van der Waals surface area contributed by atoms with Gasteiger partial charge in [0.15, 0.2) is 0 Å². The van der Waals surface area contributed by atoms with E-state index >= 15 is 0 Å². The van der Waals surface area contributed by atoms with E-state index in [2.05, 4.69) is 0 Å². The number of aliphatic hydroxyl groups is 1. The van der Waals surface area contributed by atoms with Crippen molar-refractivity contribution in [3.8, 4) is 0 Å². The molecule has 0 saturated carbocycles. The Morgan fingerprint density at radius 2 is 1.69 bits per heavy atom. The second kappa shape index (κ2) is 5.58. The van der Waals surface area contributed by atoms with Gasteiger partial charge in [-0.05, 0) is 19.8 Å². The highest BCUT2D eigenvalue weighted by molar-refractivity contribution is 4.81. The molecule has 1 N–H and O–H groups in total. The van der Waals surface area contributed by atoms with Crippen LogP contribution >= 0.6 is 0 Å². The Kier molecular flexibility index (Phi) is 5.53. The first kappa shape index (κ1) is 12.9. The van der Waals surface area contributed by atoms with Crippen molar-refractivity contribution in [3.05, 3.63) is 0 Å². The van der Waals surface area contributed by atoms with Gasteiger partial charge in [-0.2, -0.15) is 0 Å². The largest absolute Gasteiger partial charge is 0.385 e. The Hall–Kier alpha value is -0.120. The smallest absolute Gasteiger partial charge is 0.113 e. The van der Waals surface area contributed by atoms with Crippen molar-refractivity contribution in [3.63, 3.8) is 0 Å². The zero-order valence-corrected chi connectivity index (χ0v) is 9.33. The molecule has 0 rings (SSSR count). The molecule has 0 aromatic rings. The fourth-order valence-corrected chi connectivity index (χ4v) is 0.936. The highest BCUT2D eigenvalue weighted by Gasteiger charge is 2.31. The summed E-state index contributed by atoms with van der Waals surface area (Å²) in [6.45, 7) is 8.47. The topological polar surface area (TPSA) is 38.7 Å². The summed E-state index contributed by atoms with van der Waals surface area (Å²) in [5.41, 5.74) is -0.862. The van der Waals surface area contributed by atoms with Crippen molar-refractivity contribution in [2.75, 3.05) is 20.3 Å². The van der Waals surface area contributed by atoms with Crippen LogP contribution in [0.4, 0.5) is 0 Å². The van der Waals surface area contributed by atoms with E-state index in [1.807, 2.05) is 27.7 Å². The first-order valence-electron chi connectivity index (χ1n) is 4.75. The van der Waals surface area contributed by atoms with Crippen molar-refractivity contribution in [2.45, 2.75) is 39.4 Å². The van der Waals surface area contributed by atoms with Gasteiger partial charge in [0.05, 0.1) is 19.3 Å². The van der Waals surface area contributed by atoms with Gasteiger partial charge in [0.1, 0.15) is 5.60 Å². The SMILES string of the molecule is COCC(O)(COC(C)C)C(C)C. The summed E-state index contributed by atoms with van der Waals surface area (Å²) in [7, 11) is 1.59. The van der Waals surface area contributed by atoms with Crippen LogP contribution < -0.4 is 0 Å². The van der Waals surface area contributed by atoms with Crippen LogP contribution in [0.25, 0.3) is 0 Å². The summed E-state index contributed by atoms with van der Waals surface area (Å²) in [5.74, 6) is 0.131. The molecule has 3 nitrogen and oxygen atoms in total. The van der Waals surface area contributed by atoms with Crippen molar-refractivity contribution in [2.24, 2.45) is 5.92 Å². The average molecular weight is 190 g/mol. The zero-order chi connectivity index (χ0) is 10.5. The number of hydrogen-bond acceptors (Lipinski definition) is 3. The van der Waals surface area contributed by atoms with Gasteiger partial charge in [-0.15, -0.1) is 0 Å². The summed E-state index contributed by atoms with van der Waals surface area (Å²) in [6, 6.07) is 0. The normalized spacial score (nSPS) is 16.6. The molecule has 13 heavy (non-hydrogen) atoms. The summed E-state index contributed by atoms with van der Waals surface area (Å²) < 4.78 is 10.4. The average Bonchev–Trinajstić information content (AvgIpc) is 2.01. The van der Waals surface area contributed by atoms with Gasteiger partial charge >= 0.3 is 0 Å². The van der Waals surface area contributed by atoms with E-state index < -0.39 is 5.60 Å². The van der Waals surface area contributed by atoms with E-state index in [1.54, 1.807) is 7.11 Å². The molecule has 80 valence electrons. The van der Waals surface area contributed by atoms with Gasteiger partial charge in [-0.3, -0.25) is 0 Å². The second-order valence-electron chi connectivity index (χ2n) is 4.05. The van der Waals surface area contributed by atoms with E-state index in [0.717, 1.165) is 0 Å². The van der Waals surface area contributed by atoms with Crippen LogP contribution in [0, 0.1) is 5.92 Å². The maximum absolute atomic E-state index is 10.1.